The summed E-state index contributed by atoms with van der Waals surface area (Å²) in [4.78, 5) is 17.0. The number of aromatic nitrogens is 1. The van der Waals surface area contributed by atoms with E-state index in [0.717, 1.165) is 17.7 Å². The van der Waals surface area contributed by atoms with E-state index in [1.54, 1.807) is 25.1 Å². The van der Waals surface area contributed by atoms with Crippen LogP contribution in [0.2, 0.25) is 5.02 Å². The van der Waals surface area contributed by atoms with Crippen LogP contribution in [0.1, 0.15) is 15.4 Å². The number of carbonyl (C=O) groups is 1. The number of alkyl halides is 3. The number of carbonyl (C=O) groups excluding carboxylic acids is 1. The van der Waals surface area contributed by atoms with E-state index in [4.69, 9.17) is 11.6 Å². The predicted octanol–water partition coefficient (Wildman–Crippen LogP) is 4.86. The van der Waals surface area contributed by atoms with Crippen LogP contribution in [0.5, 0.6) is 0 Å². The molecule has 0 bridgehead atoms. The smallest absolute Gasteiger partial charge is 0.321 e. The highest BCUT2D eigenvalue weighted by Gasteiger charge is 2.30. The molecule has 0 radical (unpaired) electrons. The second kappa shape index (κ2) is 8.95. The Kier molecular flexibility index (Phi) is 6.70. The lowest BCUT2D eigenvalue weighted by molar-refractivity contribution is -0.121. The summed E-state index contributed by atoms with van der Waals surface area (Å²) in [6.45, 7) is 0.00882. The number of amides is 1. The SMILES string of the molecule is Cc1nc(-c2cccc(Cl)c2)sc1C(=O)Nc1ccc(S(=O)(=O)NCC(F)(F)F)cc1. The lowest BCUT2D eigenvalue weighted by atomic mass is 10.2. The molecule has 31 heavy (non-hydrogen) atoms. The zero-order chi connectivity index (χ0) is 22.8. The van der Waals surface area contributed by atoms with Gasteiger partial charge in [0.05, 0.1) is 10.6 Å². The standard InChI is InChI=1S/C19H15ClF3N3O3S2/c1-11-16(30-18(25-11)12-3-2-4-13(20)9-12)17(27)26-14-5-7-15(8-6-14)31(28,29)24-10-19(21,22)23/h2-9,24H,10H2,1H3,(H,26,27). The normalized spacial score (nSPS) is 12.0. The van der Waals surface area contributed by atoms with Crippen molar-refractivity contribution in [1.29, 1.82) is 0 Å². The number of sulfonamides is 1. The third-order valence-electron chi connectivity index (χ3n) is 3.96. The quantitative estimate of drug-likeness (QED) is 0.517. The van der Waals surface area contributed by atoms with Crippen LogP contribution in [-0.2, 0) is 10.0 Å². The monoisotopic (exact) mass is 489 g/mol. The zero-order valence-electron chi connectivity index (χ0n) is 15.8. The Morgan fingerprint density at radius 2 is 1.84 bits per heavy atom. The van der Waals surface area contributed by atoms with Gasteiger partial charge in [0.2, 0.25) is 10.0 Å². The molecule has 0 unspecified atom stereocenters. The second-order valence-electron chi connectivity index (χ2n) is 6.36. The molecule has 0 fully saturated rings. The number of rotatable bonds is 6. The van der Waals surface area contributed by atoms with Gasteiger partial charge in [-0.2, -0.15) is 13.2 Å². The van der Waals surface area contributed by atoms with Crippen LogP contribution in [0.25, 0.3) is 10.6 Å². The van der Waals surface area contributed by atoms with Gasteiger partial charge in [-0.25, -0.2) is 18.1 Å². The number of benzene rings is 2. The van der Waals surface area contributed by atoms with Gasteiger partial charge in [0, 0.05) is 16.3 Å². The molecule has 0 aliphatic rings. The number of nitrogens with one attached hydrogen (secondary N) is 2. The second-order valence-corrected chi connectivity index (χ2v) is 9.56. The Bertz CT molecular complexity index is 1210. The Morgan fingerprint density at radius 3 is 2.45 bits per heavy atom. The first-order valence-corrected chi connectivity index (χ1v) is 11.3. The maximum absolute atomic E-state index is 12.6. The number of halogens is 4. The number of hydrogen-bond acceptors (Lipinski definition) is 5. The van der Waals surface area contributed by atoms with Crippen LogP contribution in [0.4, 0.5) is 18.9 Å². The van der Waals surface area contributed by atoms with Crippen LogP contribution >= 0.6 is 22.9 Å². The molecular formula is C19H15ClF3N3O3S2. The molecule has 0 atom stereocenters. The van der Waals surface area contributed by atoms with Gasteiger partial charge < -0.3 is 5.32 Å². The van der Waals surface area contributed by atoms with Crippen molar-refractivity contribution in [2.24, 2.45) is 0 Å². The summed E-state index contributed by atoms with van der Waals surface area (Å²) in [5.41, 5.74) is 1.55. The van der Waals surface area contributed by atoms with Gasteiger partial charge in [0.15, 0.2) is 0 Å². The number of anilines is 1. The lowest BCUT2D eigenvalue weighted by Crippen LogP contribution is -2.33. The maximum Gasteiger partial charge on any atom is 0.402 e. The molecule has 6 nitrogen and oxygen atoms in total. The first-order chi connectivity index (χ1) is 14.4. The Hall–Kier alpha value is -2.47. The van der Waals surface area contributed by atoms with Crippen molar-refractivity contribution >= 4 is 44.6 Å². The molecule has 164 valence electrons. The van der Waals surface area contributed by atoms with Gasteiger partial charge in [-0.1, -0.05) is 23.7 Å². The number of hydrogen-bond donors (Lipinski definition) is 2. The van der Waals surface area contributed by atoms with Gasteiger partial charge in [-0.3, -0.25) is 4.79 Å². The van der Waals surface area contributed by atoms with Crippen molar-refractivity contribution in [3.8, 4) is 10.6 Å². The molecule has 1 heterocycles. The van der Waals surface area contributed by atoms with Gasteiger partial charge in [-0.05, 0) is 43.3 Å². The van der Waals surface area contributed by atoms with Gasteiger partial charge in [-0.15, -0.1) is 11.3 Å². The van der Waals surface area contributed by atoms with E-state index in [0.29, 0.717) is 20.6 Å². The van der Waals surface area contributed by atoms with E-state index in [1.807, 2.05) is 6.07 Å². The van der Waals surface area contributed by atoms with E-state index in [1.165, 1.54) is 28.2 Å². The molecule has 2 aromatic carbocycles. The summed E-state index contributed by atoms with van der Waals surface area (Å²) >= 11 is 7.16. The Balaban J connectivity index is 1.73. The first kappa shape index (κ1) is 23.2. The van der Waals surface area contributed by atoms with E-state index in [-0.39, 0.29) is 10.6 Å². The van der Waals surface area contributed by atoms with E-state index < -0.39 is 28.7 Å². The largest absolute Gasteiger partial charge is 0.402 e. The molecule has 0 aliphatic heterocycles. The molecule has 0 aliphatic carbocycles. The van der Waals surface area contributed by atoms with E-state index in [9.17, 15) is 26.4 Å². The summed E-state index contributed by atoms with van der Waals surface area (Å²) in [7, 11) is -4.33. The summed E-state index contributed by atoms with van der Waals surface area (Å²) < 4.78 is 62.1. The molecule has 0 saturated carbocycles. The van der Waals surface area contributed by atoms with Gasteiger partial charge in [0.1, 0.15) is 16.4 Å². The summed E-state index contributed by atoms with van der Waals surface area (Å²) in [5.74, 6) is -0.450. The molecule has 3 aromatic rings. The molecule has 0 spiro atoms. The van der Waals surface area contributed by atoms with Crippen molar-refractivity contribution < 1.29 is 26.4 Å². The van der Waals surface area contributed by atoms with Crippen LogP contribution < -0.4 is 10.0 Å². The van der Waals surface area contributed by atoms with Crippen LogP contribution in [-0.4, -0.2) is 32.0 Å². The molecule has 12 heteroatoms. The molecule has 1 amide bonds. The number of nitrogens with zero attached hydrogens (tertiary/aromatic N) is 1. The molecule has 2 N–H and O–H groups in total. The van der Waals surface area contributed by atoms with Crippen molar-refractivity contribution in [2.75, 3.05) is 11.9 Å². The average molecular weight is 490 g/mol. The van der Waals surface area contributed by atoms with Gasteiger partial charge >= 0.3 is 6.18 Å². The zero-order valence-corrected chi connectivity index (χ0v) is 18.2. The van der Waals surface area contributed by atoms with Gasteiger partial charge in [0.25, 0.3) is 5.91 Å². The molecular weight excluding hydrogens is 475 g/mol. The van der Waals surface area contributed by atoms with Crippen molar-refractivity contribution in [3.05, 3.63) is 64.1 Å². The fraction of sp³-hybridized carbons (Fsp3) is 0.158. The third kappa shape index (κ3) is 6.03. The third-order valence-corrected chi connectivity index (χ3v) is 6.82. The first-order valence-electron chi connectivity index (χ1n) is 8.66. The Morgan fingerprint density at radius 1 is 1.16 bits per heavy atom. The van der Waals surface area contributed by atoms with E-state index in [2.05, 4.69) is 10.3 Å². The highest BCUT2D eigenvalue weighted by molar-refractivity contribution is 7.89. The predicted molar refractivity (Wildman–Crippen MR) is 113 cm³/mol. The number of thiazole rings is 1. The van der Waals surface area contributed by atoms with Crippen LogP contribution in [0, 0.1) is 6.92 Å². The van der Waals surface area contributed by atoms with Crippen LogP contribution in [0.15, 0.2) is 53.4 Å². The fourth-order valence-corrected chi connectivity index (χ4v) is 4.68. The lowest BCUT2D eigenvalue weighted by Gasteiger charge is -2.10. The average Bonchev–Trinajstić information content (AvgIpc) is 3.08. The summed E-state index contributed by atoms with van der Waals surface area (Å²) in [6, 6.07) is 11.8. The minimum Gasteiger partial charge on any atom is -0.321 e. The highest BCUT2D eigenvalue weighted by Crippen LogP contribution is 2.30. The van der Waals surface area contributed by atoms with Crippen molar-refractivity contribution in [3.63, 3.8) is 0 Å². The molecule has 3 rings (SSSR count). The number of aryl methyl sites for hydroxylation is 1. The summed E-state index contributed by atoms with van der Waals surface area (Å²) in [5, 5.41) is 3.77. The maximum atomic E-state index is 12.6. The molecule has 1 aromatic heterocycles. The minimum atomic E-state index is -4.67. The van der Waals surface area contributed by atoms with Crippen LogP contribution in [0.3, 0.4) is 0 Å². The van der Waals surface area contributed by atoms with Crippen molar-refractivity contribution in [2.45, 2.75) is 18.0 Å². The topological polar surface area (TPSA) is 88.2 Å². The fourth-order valence-electron chi connectivity index (χ4n) is 2.52. The van der Waals surface area contributed by atoms with Crippen molar-refractivity contribution in [1.82, 2.24) is 9.71 Å². The minimum absolute atomic E-state index is 0.275. The molecule has 0 saturated heterocycles. The Labute approximate surface area is 185 Å². The summed E-state index contributed by atoms with van der Waals surface area (Å²) in [6.07, 6.45) is -4.67. The van der Waals surface area contributed by atoms with E-state index >= 15 is 0 Å². The highest BCUT2D eigenvalue weighted by atomic mass is 35.5.